The molecule has 0 bridgehead atoms. The Balaban J connectivity index is 1.48. The topological polar surface area (TPSA) is 123 Å². The first-order chi connectivity index (χ1) is 20.3. The number of halogens is 5. The molecule has 5 rings (SSSR count). The van der Waals surface area contributed by atoms with Crippen LogP contribution in [0.25, 0.3) is 5.65 Å². The van der Waals surface area contributed by atoms with E-state index in [0.717, 1.165) is 0 Å². The van der Waals surface area contributed by atoms with E-state index in [1.54, 1.807) is 6.07 Å². The third kappa shape index (κ3) is 6.54. The Kier molecular flexibility index (Phi) is 8.27. The van der Waals surface area contributed by atoms with E-state index in [1.165, 1.54) is 34.6 Å². The number of nitrogens with zero attached hydrogens (tertiary/aromatic N) is 5. The molecule has 0 aromatic carbocycles. The summed E-state index contributed by atoms with van der Waals surface area (Å²) in [5.41, 5.74) is 1.09. The van der Waals surface area contributed by atoms with Gasteiger partial charge >= 0.3 is 6.18 Å². The fraction of sp³-hybridized carbons (Fsp3) is 0.571. The predicted molar refractivity (Wildman–Crippen MR) is 142 cm³/mol. The van der Waals surface area contributed by atoms with E-state index in [-0.39, 0.29) is 54.9 Å². The number of carbonyl (C=O) groups excluding carboxylic acids is 3. The molecule has 0 radical (unpaired) electrons. The zero-order chi connectivity index (χ0) is 31.1. The van der Waals surface area contributed by atoms with E-state index in [4.69, 9.17) is 0 Å². The number of hydrogen-bond acceptors (Lipinski definition) is 6. The number of aromatic nitrogens is 5. The van der Waals surface area contributed by atoms with Gasteiger partial charge in [-0.05, 0) is 51.2 Å². The maximum absolute atomic E-state index is 14.0. The van der Waals surface area contributed by atoms with Gasteiger partial charge in [0.25, 0.3) is 5.91 Å². The fourth-order valence-corrected chi connectivity index (χ4v) is 5.97. The summed E-state index contributed by atoms with van der Waals surface area (Å²) >= 11 is 0. The summed E-state index contributed by atoms with van der Waals surface area (Å²) in [6, 6.07) is 2.22. The minimum atomic E-state index is -4.48. The highest BCUT2D eigenvalue weighted by Crippen LogP contribution is 2.41. The van der Waals surface area contributed by atoms with Crippen molar-refractivity contribution in [3.05, 3.63) is 47.2 Å². The molecule has 1 aliphatic carbocycles. The molecule has 3 atom stereocenters. The van der Waals surface area contributed by atoms with Crippen LogP contribution in [0.1, 0.15) is 84.2 Å². The van der Waals surface area contributed by atoms with Crippen molar-refractivity contribution in [3.8, 4) is 0 Å². The van der Waals surface area contributed by atoms with Crippen LogP contribution in [0, 0.1) is 17.8 Å². The Hall–Kier alpha value is -3.91. The summed E-state index contributed by atoms with van der Waals surface area (Å²) in [7, 11) is 0. The van der Waals surface area contributed by atoms with Crippen molar-refractivity contribution in [2.45, 2.75) is 77.1 Å². The van der Waals surface area contributed by atoms with Crippen molar-refractivity contribution < 1.29 is 36.3 Å². The standard InChI is InChI=1S/C28H32F5N7O3/c1-3-39-22(6-9-35-39)26(43)37-24(16-4-7-27(29,30)8-5-16)21-14-40-23(36-21)12-19(15(2)41)20(38-40)11-17-10-18(28(31,32)33)13-34-25(17)42/h6,9,12,14,16-18,24H,3-5,7-8,10-11,13H2,1-2H3,(H,34,42)(H,37,43)/t17-,18-,24+/m1/s1. The van der Waals surface area contributed by atoms with Crippen molar-refractivity contribution >= 4 is 23.2 Å². The molecule has 232 valence electrons. The summed E-state index contributed by atoms with van der Waals surface area (Å²) in [4.78, 5) is 42.9. The SMILES string of the molecule is CCn1nccc1C(=O)N[C@H](c1cn2nc(C[C@H]3C[C@@H](C(F)(F)F)CNC3=O)c(C(C)=O)cc2n1)C1CCC(F)(F)CC1. The van der Waals surface area contributed by atoms with Crippen molar-refractivity contribution in [1.29, 1.82) is 0 Å². The second kappa shape index (κ2) is 11.6. The van der Waals surface area contributed by atoms with Crippen molar-refractivity contribution in [2.75, 3.05) is 6.54 Å². The molecule has 1 aliphatic heterocycles. The number of amides is 2. The number of hydrogen-bond donors (Lipinski definition) is 2. The number of ketones is 1. The highest BCUT2D eigenvalue weighted by molar-refractivity contribution is 5.96. The summed E-state index contributed by atoms with van der Waals surface area (Å²) < 4.78 is 71.0. The van der Waals surface area contributed by atoms with E-state index in [9.17, 15) is 36.3 Å². The minimum absolute atomic E-state index is 0.108. The number of imidazole rings is 1. The van der Waals surface area contributed by atoms with Crippen LogP contribution in [0.3, 0.4) is 0 Å². The van der Waals surface area contributed by atoms with Crippen LogP contribution < -0.4 is 10.6 Å². The second-order valence-electron chi connectivity index (χ2n) is 11.3. The van der Waals surface area contributed by atoms with Crippen LogP contribution in [0.5, 0.6) is 0 Å². The first kappa shape index (κ1) is 30.5. The van der Waals surface area contributed by atoms with Crippen molar-refractivity contribution in [3.63, 3.8) is 0 Å². The molecule has 3 aromatic rings. The molecule has 0 unspecified atom stereocenters. The van der Waals surface area contributed by atoms with Crippen LogP contribution in [-0.4, -0.2) is 60.6 Å². The lowest BCUT2D eigenvalue weighted by atomic mass is 9.81. The Morgan fingerprint density at radius 3 is 2.60 bits per heavy atom. The fourth-order valence-electron chi connectivity index (χ4n) is 5.97. The number of fused-ring (bicyclic) bond motifs is 1. The van der Waals surface area contributed by atoms with Crippen LogP contribution in [-0.2, 0) is 17.8 Å². The third-order valence-corrected chi connectivity index (χ3v) is 8.38. The van der Waals surface area contributed by atoms with Gasteiger partial charge in [-0.3, -0.25) is 19.1 Å². The number of aryl methyl sites for hydroxylation is 1. The van der Waals surface area contributed by atoms with Gasteiger partial charge in [0, 0.05) is 50.0 Å². The molecule has 3 aromatic heterocycles. The van der Waals surface area contributed by atoms with Gasteiger partial charge in [-0.15, -0.1) is 0 Å². The Bertz CT molecular complexity index is 1520. The highest BCUT2D eigenvalue weighted by atomic mass is 19.4. The average Bonchev–Trinajstić information content (AvgIpc) is 3.58. The van der Waals surface area contributed by atoms with Crippen LogP contribution in [0.2, 0.25) is 0 Å². The maximum atomic E-state index is 14.0. The molecule has 15 heteroatoms. The van der Waals surface area contributed by atoms with Gasteiger partial charge < -0.3 is 10.6 Å². The first-order valence-electron chi connectivity index (χ1n) is 14.2. The van der Waals surface area contributed by atoms with Crippen molar-refractivity contribution in [1.82, 2.24) is 35.0 Å². The van der Waals surface area contributed by atoms with Gasteiger partial charge in [0.2, 0.25) is 11.8 Å². The molecular formula is C28H32F5N7O3. The molecule has 2 aliphatic rings. The molecule has 2 amide bonds. The largest absolute Gasteiger partial charge is 0.393 e. The molecular weight excluding hydrogens is 577 g/mol. The predicted octanol–water partition coefficient (Wildman–Crippen LogP) is 4.30. The molecule has 2 N–H and O–H groups in total. The zero-order valence-electron chi connectivity index (χ0n) is 23.6. The number of nitrogens with one attached hydrogen (secondary N) is 2. The number of Topliss-reactive ketones (excluding diaryl/α,β-unsaturated/α-hetero) is 1. The molecule has 10 nitrogen and oxygen atoms in total. The van der Waals surface area contributed by atoms with Gasteiger partial charge in [-0.1, -0.05) is 0 Å². The molecule has 2 fully saturated rings. The van der Waals surface area contributed by atoms with E-state index in [0.29, 0.717) is 17.9 Å². The van der Waals surface area contributed by atoms with Gasteiger partial charge in [-0.2, -0.15) is 23.4 Å². The Morgan fingerprint density at radius 1 is 1.23 bits per heavy atom. The maximum Gasteiger partial charge on any atom is 0.393 e. The van der Waals surface area contributed by atoms with Gasteiger partial charge in [0.15, 0.2) is 11.4 Å². The van der Waals surface area contributed by atoms with E-state index < -0.39 is 60.5 Å². The van der Waals surface area contributed by atoms with Crippen LogP contribution in [0.4, 0.5) is 22.0 Å². The number of piperidine rings is 1. The normalized spacial score (nSPS) is 21.9. The van der Waals surface area contributed by atoms with Gasteiger partial charge in [0.1, 0.15) is 5.69 Å². The number of rotatable bonds is 8. The number of carbonyl (C=O) groups is 3. The van der Waals surface area contributed by atoms with Crippen LogP contribution in [0.15, 0.2) is 24.5 Å². The monoisotopic (exact) mass is 609 g/mol. The van der Waals surface area contributed by atoms with Gasteiger partial charge in [0.05, 0.1) is 29.5 Å². The summed E-state index contributed by atoms with van der Waals surface area (Å²) in [5, 5.41) is 13.8. The first-order valence-corrected chi connectivity index (χ1v) is 14.2. The summed E-state index contributed by atoms with van der Waals surface area (Å²) in [6.45, 7) is 3.04. The quantitative estimate of drug-likeness (QED) is 0.290. The van der Waals surface area contributed by atoms with Crippen molar-refractivity contribution in [2.24, 2.45) is 17.8 Å². The molecule has 1 saturated heterocycles. The molecule has 4 heterocycles. The second-order valence-corrected chi connectivity index (χ2v) is 11.3. The lowest BCUT2D eigenvalue weighted by Crippen LogP contribution is -2.47. The van der Waals surface area contributed by atoms with Gasteiger partial charge in [-0.25, -0.2) is 18.3 Å². The molecule has 43 heavy (non-hydrogen) atoms. The minimum Gasteiger partial charge on any atom is -0.355 e. The third-order valence-electron chi connectivity index (χ3n) is 8.38. The lowest BCUT2D eigenvalue weighted by Gasteiger charge is -2.33. The summed E-state index contributed by atoms with van der Waals surface area (Å²) in [6.07, 6.45) is -2.54. The van der Waals surface area contributed by atoms with E-state index in [1.807, 2.05) is 6.92 Å². The van der Waals surface area contributed by atoms with E-state index in [2.05, 4.69) is 25.8 Å². The molecule has 1 saturated carbocycles. The molecule has 0 spiro atoms. The average molecular weight is 610 g/mol. The van der Waals surface area contributed by atoms with Crippen LogP contribution >= 0.6 is 0 Å². The zero-order valence-corrected chi connectivity index (χ0v) is 23.6. The smallest absolute Gasteiger partial charge is 0.355 e. The summed E-state index contributed by atoms with van der Waals surface area (Å²) in [5.74, 6) is -7.35. The Labute approximate surface area is 243 Å². The number of alkyl halides is 5. The lowest BCUT2D eigenvalue weighted by molar-refractivity contribution is -0.183. The van der Waals surface area contributed by atoms with E-state index >= 15 is 0 Å². The Morgan fingerprint density at radius 2 is 1.95 bits per heavy atom. The highest BCUT2D eigenvalue weighted by Gasteiger charge is 2.45.